The summed E-state index contributed by atoms with van der Waals surface area (Å²) in [5.74, 6) is 0. The fraction of sp³-hybridized carbons (Fsp3) is 0.267. The van der Waals surface area contributed by atoms with Crippen molar-refractivity contribution in [3.8, 4) is 0 Å². The third-order valence-electron chi connectivity index (χ3n) is 2.97. The first-order valence-corrected chi connectivity index (χ1v) is 5.90. The van der Waals surface area contributed by atoms with Crippen molar-refractivity contribution in [3.05, 3.63) is 59.4 Å². The third-order valence-corrected chi connectivity index (χ3v) is 2.97. The van der Waals surface area contributed by atoms with Crippen molar-refractivity contribution in [2.75, 3.05) is 5.32 Å². The zero-order valence-corrected chi connectivity index (χ0v) is 10.6. The number of nitrogens with zero attached hydrogens (tertiary/aromatic N) is 1. The number of nitrogens with one attached hydrogen (secondary N) is 1. The fourth-order valence-corrected chi connectivity index (χ4v) is 1.81. The summed E-state index contributed by atoms with van der Waals surface area (Å²) in [7, 11) is 0. The van der Waals surface area contributed by atoms with Crippen LogP contribution in [-0.4, -0.2) is 4.98 Å². The van der Waals surface area contributed by atoms with Crippen molar-refractivity contribution in [1.82, 2.24) is 4.98 Å². The molecule has 0 aliphatic rings. The third kappa shape index (κ3) is 2.84. The summed E-state index contributed by atoms with van der Waals surface area (Å²) in [6.45, 7) is 6.34. The standard InChI is InChI=1S/C15H18N2/c1-11-4-6-14(7-5-11)13(3)17-15-8-9-16-10-12(15)2/h4-10,13H,1-3H3,(H,16,17). The topological polar surface area (TPSA) is 24.9 Å². The summed E-state index contributed by atoms with van der Waals surface area (Å²) in [6, 6.07) is 10.9. The number of benzene rings is 1. The maximum atomic E-state index is 4.10. The van der Waals surface area contributed by atoms with Gasteiger partial charge in [0.15, 0.2) is 0 Å². The average Bonchev–Trinajstić information content (AvgIpc) is 2.33. The van der Waals surface area contributed by atoms with E-state index in [1.165, 1.54) is 16.7 Å². The minimum Gasteiger partial charge on any atom is -0.378 e. The van der Waals surface area contributed by atoms with E-state index in [4.69, 9.17) is 0 Å². The van der Waals surface area contributed by atoms with Gasteiger partial charge in [-0.15, -0.1) is 0 Å². The van der Waals surface area contributed by atoms with Gasteiger partial charge in [-0.05, 0) is 38.0 Å². The monoisotopic (exact) mass is 226 g/mol. The van der Waals surface area contributed by atoms with Crippen LogP contribution >= 0.6 is 0 Å². The average molecular weight is 226 g/mol. The maximum absolute atomic E-state index is 4.10. The molecule has 2 nitrogen and oxygen atoms in total. The van der Waals surface area contributed by atoms with Crippen LogP contribution in [0.4, 0.5) is 5.69 Å². The van der Waals surface area contributed by atoms with Gasteiger partial charge in [-0.25, -0.2) is 0 Å². The number of aromatic nitrogens is 1. The van der Waals surface area contributed by atoms with E-state index in [2.05, 4.69) is 55.3 Å². The van der Waals surface area contributed by atoms with Gasteiger partial charge in [0.1, 0.15) is 0 Å². The largest absolute Gasteiger partial charge is 0.378 e. The van der Waals surface area contributed by atoms with E-state index in [0.717, 1.165) is 5.69 Å². The Balaban J connectivity index is 2.14. The van der Waals surface area contributed by atoms with Crippen LogP contribution in [0, 0.1) is 13.8 Å². The van der Waals surface area contributed by atoms with Crippen molar-refractivity contribution in [2.24, 2.45) is 0 Å². The molecule has 0 amide bonds. The van der Waals surface area contributed by atoms with Crippen LogP contribution in [0.2, 0.25) is 0 Å². The Morgan fingerprint density at radius 3 is 2.41 bits per heavy atom. The molecule has 0 saturated carbocycles. The van der Waals surface area contributed by atoms with Gasteiger partial charge in [0, 0.05) is 24.1 Å². The minimum absolute atomic E-state index is 0.302. The maximum Gasteiger partial charge on any atom is 0.0485 e. The lowest BCUT2D eigenvalue weighted by atomic mass is 10.1. The molecule has 1 aromatic heterocycles. The number of hydrogen-bond acceptors (Lipinski definition) is 2. The Hall–Kier alpha value is -1.83. The van der Waals surface area contributed by atoms with Gasteiger partial charge in [-0.3, -0.25) is 4.98 Å². The molecule has 17 heavy (non-hydrogen) atoms. The summed E-state index contributed by atoms with van der Waals surface area (Å²) < 4.78 is 0. The molecular weight excluding hydrogens is 208 g/mol. The normalized spacial score (nSPS) is 12.2. The predicted octanol–water partition coefficient (Wildman–Crippen LogP) is 3.87. The van der Waals surface area contributed by atoms with E-state index < -0.39 is 0 Å². The molecule has 0 bridgehead atoms. The highest BCUT2D eigenvalue weighted by atomic mass is 14.9. The molecular formula is C15H18N2. The molecule has 2 rings (SSSR count). The van der Waals surface area contributed by atoms with Crippen LogP contribution in [0.15, 0.2) is 42.7 Å². The molecule has 0 spiro atoms. The molecule has 1 unspecified atom stereocenters. The Bertz CT molecular complexity index is 489. The second-order valence-corrected chi connectivity index (χ2v) is 4.47. The first kappa shape index (κ1) is 11.6. The molecule has 2 aromatic rings. The molecule has 1 N–H and O–H groups in total. The van der Waals surface area contributed by atoms with Gasteiger partial charge >= 0.3 is 0 Å². The van der Waals surface area contributed by atoms with Crippen molar-refractivity contribution in [2.45, 2.75) is 26.8 Å². The first-order chi connectivity index (χ1) is 8.16. The van der Waals surface area contributed by atoms with E-state index in [0.29, 0.717) is 6.04 Å². The van der Waals surface area contributed by atoms with Crippen LogP contribution in [-0.2, 0) is 0 Å². The zero-order chi connectivity index (χ0) is 12.3. The second kappa shape index (κ2) is 5.00. The van der Waals surface area contributed by atoms with Crippen LogP contribution in [0.3, 0.4) is 0 Å². The highest BCUT2D eigenvalue weighted by Gasteiger charge is 2.06. The number of hydrogen-bond donors (Lipinski definition) is 1. The lowest BCUT2D eigenvalue weighted by Gasteiger charge is -2.17. The molecule has 1 aromatic carbocycles. The van der Waals surface area contributed by atoms with Crippen LogP contribution in [0.25, 0.3) is 0 Å². The molecule has 0 radical (unpaired) electrons. The van der Waals surface area contributed by atoms with E-state index in [-0.39, 0.29) is 0 Å². The zero-order valence-electron chi connectivity index (χ0n) is 10.6. The van der Waals surface area contributed by atoms with E-state index >= 15 is 0 Å². The number of anilines is 1. The molecule has 2 heteroatoms. The molecule has 88 valence electrons. The molecule has 1 heterocycles. The highest BCUT2D eigenvalue weighted by molar-refractivity contribution is 5.50. The number of rotatable bonds is 3. The van der Waals surface area contributed by atoms with Gasteiger partial charge in [0.05, 0.1) is 0 Å². The summed E-state index contributed by atoms with van der Waals surface area (Å²) in [6.07, 6.45) is 3.70. The first-order valence-electron chi connectivity index (χ1n) is 5.90. The summed E-state index contributed by atoms with van der Waals surface area (Å²) in [4.78, 5) is 4.10. The van der Waals surface area contributed by atoms with Crippen molar-refractivity contribution in [3.63, 3.8) is 0 Å². The Morgan fingerprint density at radius 2 is 1.76 bits per heavy atom. The van der Waals surface area contributed by atoms with Crippen LogP contribution in [0.1, 0.15) is 29.7 Å². The Labute approximate surface area is 103 Å². The van der Waals surface area contributed by atoms with Crippen molar-refractivity contribution < 1.29 is 0 Å². The minimum atomic E-state index is 0.302. The van der Waals surface area contributed by atoms with Gasteiger partial charge in [-0.1, -0.05) is 29.8 Å². The van der Waals surface area contributed by atoms with Gasteiger partial charge < -0.3 is 5.32 Å². The highest BCUT2D eigenvalue weighted by Crippen LogP contribution is 2.21. The predicted molar refractivity (Wildman–Crippen MR) is 72.2 cm³/mol. The summed E-state index contributed by atoms with van der Waals surface area (Å²) >= 11 is 0. The summed E-state index contributed by atoms with van der Waals surface area (Å²) in [5, 5.41) is 3.51. The Kier molecular flexibility index (Phi) is 3.43. The Morgan fingerprint density at radius 1 is 1.06 bits per heavy atom. The van der Waals surface area contributed by atoms with E-state index in [9.17, 15) is 0 Å². The molecule has 0 fully saturated rings. The fourth-order valence-electron chi connectivity index (χ4n) is 1.81. The van der Waals surface area contributed by atoms with E-state index in [1.807, 2.05) is 18.5 Å². The molecule has 0 aliphatic heterocycles. The van der Waals surface area contributed by atoms with E-state index in [1.54, 1.807) is 0 Å². The van der Waals surface area contributed by atoms with Crippen molar-refractivity contribution >= 4 is 5.69 Å². The molecule has 1 atom stereocenters. The quantitative estimate of drug-likeness (QED) is 0.859. The molecule has 0 saturated heterocycles. The smallest absolute Gasteiger partial charge is 0.0485 e. The second-order valence-electron chi connectivity index (χ2n) is 4.47. The van der Waals surface area contributed by atoms with Crippen LogP contribution < -0.4 is 5.32 Å². The number of aryl methyl sites for hydroxylation is 2. The lowest BCUT2D eigenvalue weighted by Crippen LogP contribution is -2.07. The van der Waals surface area contributed by atoms with Crippen LogP contribution in [0.5, 0.6) is 0 Å². The SMILES string of the molecule is Cc1ccc(C(C)Nc2ccncc2C)cc1. The molecule has 0 aliphatic carbocycles. The summed E-state index contributed by atoms with van der Waals surface area (Å²) in [5.41, 5.74) is 4.91. The van der Waals surface area contributed by atoms with Gasteiger partial charge in [-0.2, -0.15) is 0 Å². The van der Waals surface area contributed by atoms with Gasteiger partial charge in [0.25, 0.3) is 0 Å². The lowest BCUT2D eigenvalue weighted by molar-refractivity contribution is 0.880. The van der Waals surface area contributed by atoms with Crippen molar-refractivity contribution in [1.29, 1.82) is 0 Å². The van der Waals surface area contributed by atoms with Gasteiger partial charge in [0.2, 0.25) is 0 Å². The number of pyridine rings is 1.